The van der Waals surface area contributed by atoms with Gasteiger partial charge in [-0.25, -0.2) is 9.18 Å². The Morgan fingerprint density at radius 3 is 2.67 bits per heavy atom. The Morgan fingerprint density at radius 1 is 1.08 bits per heavy atom. The number of halogens is 1. The molecule has 4 N–H and O–H groups in total. The van der Waals surface area contributed by atoms with E-state index in [0.717, 1.165) is 18.4 Å². The van der Waals surface area contributed by atoms with Crippen LogP contribution in [0.5, 0.6) is 17.2 Å². The largest absolute Gasteiger partial charge is 0.488 e. The maximum absolute atomic E-state index is 14.6. The summed E-state index contributed by atoms with van der Waals surface area (Å²) < 4.78 is 26.3. The number of hydrogen-bond donors (Lipinski definition) is 3. The van der Waals surface area contributed by atoms with Crippen LogP contribution in [0.4, 0.5) is 14.9 Å². The fraction of sp³-hybridized carbons (Fsp3) is 0.154. The van der Waals surface area contributed by atoms with Crippen LogP contribution in [-0.4, -0.2) is 27.9 Å². The van der Waals surface area contributed by atoms with E-state index in [-0.39, 0.29) is 35.4 Å². The van der Waals surface area contributed by atoms with E-state index in [9.17, 15) is 14.0 Å². The Hall–Kier alpha value is -4.73. The Labute approximate surface area is 205 Å². The topological polar surface area (TPSA) is 128 Å². The number of nitrogens with one attached hydrogen (secondary N) is 2. The zero-order chi connectivity index (χ0) is 25.1. The van der Waals surface area contributed by atoms with Crippen molar-refractivity contribution < 1.29 is 23.5 Å². The van der Waals surface area contributed by atoms with E-state index >= 15 is 0 Å². The SMILES string of the molecule is NC(=O)c1cc2c(Oc3ccc(NC(=O)NC4CC4)c(F)c3)ccnc2cc1OCc1cccnc1. The molecule has 0 atom stereocenters. The van der Waals surface area contributed by atoms with Crippen LogP contribution in [0.1, 0.15) is 28.8 Å². The molecule has 5 rings (SSSR count). The van der Waals surface area contributed by atoms with Crippen LogP contribution in [0, 0.1) is 5.82 Å². The van der Waals surface area contributed by atoms with E-state index in [0.29, 0.717) is 16.7 Å². The maximum Gasteiger partial charge on any atom is 0.319 e. The number of anilines is 1. The second kappa shape index (κ2) is 9.87. The summed E-state index contributed by atoms with van der Waals surface area (Å²) in [5, 5.41) is 5.72. The van der Waals surface area contributed by atoms with Gasteiger partial charge in [-0.2, -0.15) is 0 Å². The Balaban J connectivity index is 1.38. The number of hydrogen-bond acceptors (Lipinski definition) is 6. The quantitative estimate of drug-likeness (QED) is 0.335. The molecule has 0 spiro atoms. The number of primary amides is 1. The predicted octanol–water partition coefficient (Wildman–Crippen LogP) is 4.52. The summed E-state index contributed by atoms with van der Waals surface area (Å²) in [5.74, 6) is -0.521. The van der Waals surface area contributed by atoms with Gasteiger partial charge in [0.2, 0.25) is 0 Å². The number of ether oxygens (including phenoxy) is 2. The van der Waals surface area contributed by atoms with Crippen LogP contribution < -0.4 is 25.8 Å². The number of nitrogens with zero attached hydrogens (tertiary/aromatic N) is 2. The van der Waals surface area contributed by atoms with Crippen LogP contribution >= 0.6 is 0 Å². The van der Waals surface area contributed by atoms with Crippen molar-refractivity contribution in [3.8, 4) is 17.2 Å². The van der Waals surface area contributed by atoms with Gasteiger partial charge in [-0.05, 0) is 43.2 Å². The third kappa shape index (κ3) is 5.33. The van der Waals surface area contributed by atoms with Gasteiger partial charge in [-0.3, -0.25) is 14.8 Å². The number of amides is 3. The molecule has 0 unspecified atom stereocenters. The zero-order valence-electron chi connectivity index (χ0n) is 19.0. The van der Waals surface area contributed by atoms with Crippen molar-refractivity contribution in [3.63, 3.8) is 0 Å². The van der Waals surface area contributed by atoms with E-state index < -0.39 is 17.8 Å². The summed E-state index contributed by atoms with van der Waals surface area (Å²) in [6.07, 6.45) is 6.70. The van der Waals surface area contributed by atoms with Gasteiger partial charge in [0, 0.05) is 47.7 Å². The molecule has 0 saturated heterocycles. The number of rotatable bonds is 8. The minimum Gasteiger partial charge on any atom is -0.488 e. The normalized spacial score (nSPS) is 12.7. The second-order valence-corrected chi connectivity index (χ2v) is 8.31. The lowest BCUT2D eigenvalue weighted by molar-refractivity contribution is 0.0996. The monoisotopic (exact) mass is 487 g/mol. The highest BCUT2D eigenvalue weighted by Crippen LogP contribution is 2.34. The summed E-state index contributed by atoms with van der Waals surface area (Å²) in [7, 11) is 0. The standard InChI is InChI=1S/C26H22FN5O4/c27-20-10-17(5-6-21(20)32-26(34)31-16-3-4-16)36-23-7-9-30-22-12-24(19(25(28)33)11-18(22)23)35-14-15-2-1-8-29-13-15/h1-2,5-13,16H,3-4,14H2,(H2,28,33)(H2,31,32,34). The maximum atomic E-state index is 14.6. The lowest BCUT2D eigenvalue weighted by Crippen LogP contribution is -2.30. The Morgan fingerprint density at radius 2 is 1.94 bits per heavy atom. The molecule has 2 aromatic heterocycles. The molecule has 4 aromatic rings. The third-order valence-corrected chi connectivity index (χ3v) is 5.51. The molecule has 1 aliphatic carbocycles. The first-order valence-electron chi connectivity index (χ1n) is 11.3. The van der Waals surface area contributed by atoms with E-state index in [1.165, 1.54) is 30.5 Å². The number of urea groups is 1. The highest BCUT2D eigenvalue weighted by molar-refractivity contribution is 6.01. The molecular weight excluding hydrogens is 465 g/mol. The molecule has 1 saturated carbocycles. The lowest BCUT2D eigenvalue weighted by atomic mass is 10.1. The summed E-state index contributed by atoms with van der Waals surface area (Å²) >= 11 is 0. The van der Waals surface area contributed by atoms with Crippen molar-refractivity contribution in [2.75, 3.05) is 5.32 Å². The first-order chi connectivity index (χ1) is 17.5. The third-order valence-electron chi connectivity index (χ3n) is 5.51. The van der Waals surface area contributed by atoms with Crippen molar-refractivity contribution in [1.82, 2.24) is 15.3 Å². The molecule has 0 aliphatic heterocycles. The lowest BCUT2D eigenvalue weighted by Gasteiger charge is -2.14. The number of pyridine rings is 2. The molecule has 1 fully saturated rings. The molecule has 182 valence electrons. The van der Waals surface area contributed by atoms with Crippen molar-refractivity contribution in [1.29, 1.82) is 0 Å². The molecule has 0 radical (unpaired) electrons. The fourth-order valence-corrected chi connectivity index (χ4v) is 3.55. The van der Waals surface area contributed by atoms with E-state index in [4.69, 9.17) is 15.2 Å². The highest BCUT2D eigenvalue weighted by atomic mass is 19.1. The molecule has 3 amide bonds. The molecule has 2 heterocycles. The molecule has 9 nitrogen and oxygen atoms in total. The molecule has 0 bridgehead atoms. The van der Waals surface area contributed by atoms with Gasteiger partial charge in [-0.1, -0.05) is 6.07 Å². The minimum atomic E-state index is -0.682. The van der Waals surface area contributed by atoms with Crippen LogP contribution in [0.3, 0.4) is 0 Å². The summed E-state index contributed by atoms with van der Waals surface area (Å²) in [4.78, 5) is 32.5. The fourth-order valence-electron chi connectivity index (χ4n) is 3.55. The Kier molecular flexibility index (Phi) is 6.31. The number of aromatic nitrogens is 2. The molecule has 10 heteroatoms. The molecular formula is C26H22FN5O4. The van der Waals surface area contributed by atoms with Crippen molar-refractivity contribution in [3.05, 3.63) is 84.1 Å². The minimum absolute atomic E-state index is 0.0338. The van der Waals surface area contributed by atoms with Gasteiger partial charge < -0.3 is 25.8 Å². The average molecular weight is 487 g/mol. The number of benzene rings is 2. The van der Waals surface area contributed by atoms with Gasteiger partial charge in [-0.15, -0.1) is 0 Å². The van der Waals surface area contributed by atoms with E-state index in [1.54, 1.807) is 30.6 Å². The Bertz CT molecular complexity index is 1440. The summed E-state index contributed by atoms with van der Waals surface area (Å²) in [6.45, 7) is 0.189. The molecule has 1 aliphatic rings. The summed E-state index contributed by atoms with van der Waals surface area (Å²) in [6, 6.07) is 12.2. The predicted molar refractivity (Wildman–Crippen MR) is 130 cm³/mol. The van der Waals surface area contributed by atoms with Gasteiger partial charge in [0.25, 0.3) is 5.91 Å². The molecule has 36 heavy (non-hydrogen) atoms. The van der Waals surface area contributed by atoms with E-state index in [1.807, 2.05) is 6.07 Å². The smallest absolute Gasteiger partial charge is 0.319 e. The van der Waals surface area contributed by atoms with Gasteiger partial charge >= 0.3 is 6.03 Å². The van der Waals surface area contributed by atoms with Gasteiger partial charge in [0.15, 0.2) is 0 Å². The first kappa shape index (κ1) is 23.0. The summed E-state index contributed by atoms with van der Waals surface area (Å²) in [5.41, 5.74) is 7.11. The van der Waals surface area contributed by atoms with Crippen molar-refractivity contribution in [2.24, 2.45) is 5.73 Å². The number of fused-ring (bicyclic) bond motifs is 1. The number of carbonyl (C=O) groups excluding carboxylic acids is 2. The van der Waals surface area contributed by atoms with Gasteiger partial charge in [0.1, 0.15) is 29.7 Å². The van der Waals surface area contributed by atoms with Crippen molar-refractivity contribution >= 4 is 28.5 Å². The first-order valence-corrected chi connectivity index (χ1v) is 11.3. The van der Waals surface area contributed by atoms with Crippen LogP contribution in [0.2, 0.25) is 0 Å². The second-order valence-electron chi connectivity index (χ2n) is 8.31. The van der Waals surface area contributed by atoms with Crippen LogP contribution in [-0.2, 0) is 6.61 Å². The van der Waals surface area contributed by atoms with Crippen molar-refractivity contribution in [2.45, 2.75) is 25.5 Å². The molecule has 2 aromatic carbocycles. The van der Waals surface area contributed by atoms with E-state index in [2.05, 4.69) is 20.6 Å². The highest BCUT2D eigenvalue weighted by Gasteiger charge is 2.23. The van der Waals surface area contributed by atoms with Crippen LogP contribution in [0.15, 0.2) is 67.1 Å². The number of nitrogens with two attached hydrogens (primary N) is 1. The number of carbonyl (C=O) groups is 2. The van der Waals surface area contributed by atoms with Gasteiger partial charge in [0.05, 0.1) is 16.8 Å². The average Bonchev–Trinajstić information content (AvgIpc) is 3.68. The van der Waals surface area contributed by atoms with Crippen LogP contribution in [0.25, 0.3) is 10.9 Å². The zero-order valence-corrected chi connectivity index (χ0v) is 19.0.